The van der Waals surface area contributed by atoms with Gasteiger partial charge in [0.2, 0.25) is 0 Å². The van der Waals surface area contributed by atoms with Gasteiger partial charge < -0.3 is 0 Å². The maximum absolute atomic E-state index is 2.47. The lowest BCUT2D eigenvalue weighted by molar-refractivity contribution is 0.912. The SMILES string of the molecule is C[C@H]([C@@H](C)P(c1ccccc1)c1ccccc1)P(c1ccccc1)c1ccccc1. The zero-order chi connectivity index (χ0) is 20.8. The Balaban J connectivity index is 1.77. The fourth-order valence-corrected chi connectivity index (χ4v) is 10.1. The third-order valence-electron chi connectivity index (χ3n) is 5.65. The van der Waals surface area contributed by atoms with E-state index in [1.165, 1.54) is 21.2 Å². The van der Waals surface area contributed by atoms with E-state index in [0.717, 1.165) is 0 Å². The normalized spacial score (nSPS) is 13.3. The molecule has 30 heavy (non-hydrogen) atoms. The Morgan fingerprint density at radius 3 is 0.767 bits per heavy atom. The summed E-state index contributed by atoms with van der Waals surface area (Å²) in [5.41, 5.74) is 1.10. The molecule has 0 heterocycles. The van der Waals surface area contributed by atoms with E-state index in [2.05, 4.69) is 135 Å². The summed E-state index contributed by atoms with van der Waals surface area (Å²) in [5.74, 6) is 0. The van der Waals surface area contributed by atoms with Gasteiger partial charge in [0.25, 0.3) is 0 Å². The smallest absolute Gasteiger partial charge is 0.00861 e. The highest BCUT2D eigenvalue weighted by Gasteiger charge is 2.31. The van der Waals surface area contributed by atoms with Gasteiger partial charge in [0.05, 0.1) is 0 Å². The minimum atomic E-state index is -0.448. The highest BCUT2D eigenvalue weighted by atomic mass is 31.1. The highest BCUT2D eigenvalue weighted by molar-refractivity contribution is 7.77. The second kappa shape index (κ2) is 10.2. The van der Waals surface area contributed by atoms with Gasteiger partial charge in [0.15, 0.2) is 0 Å². The van der Waals surface area contributed by atoms with Crippen LogP contribution < -0.4 is 21.2 Å². The van der Waals surface area contributed by atoms with Crippen LogP contribution in [0.15, 0.2) is 121 Å². The molecule has 0 fully saturated rings. The summed E-state index contributed by atoms with van der Waals surface area (Å²) in [5, 5.41) is 5.87. The Morgan fingerprint density at radius 2 is 0.567 bits per heavy atom. The van der Waals surface area contributed by atoms with Gasteiger partial charge >= 0.3 is 0 Å². The first-order valence-electron chi connectivity index (χ1n) is 10.5. The summed E-state index contributed by atoms with van der Waals surface area (Å²) in [6, 6.07) is 44.5. The lowest BCUT2D eigenvalue weighted by atomic mass is 10.3. The molecule has 0 saturated carbocycles. The van der Waals surface area contributed by atoms with Crippen LogP contribution in [0, 0.1) is 0 Å². The van der Waals surface area contributed by atoms with Crippen LogP contribution >= 0.6 is 15.8 Å². The van der Waals surface area contributed by atoms with Crippen LogP contribution in [0.3, 0.4) is 0 Å². The second-order valence-electron chi connectivity index (χ2n) is 7.56. The van der Waals surface area contributed by atoms with E-state index in [4.69, 9.17) is 0 Å². The van der Waals surface area contributed by atoms with Crippen molar-refractivity contribution in [2.75, 3.05) is 0 Å². The maximum Gasteiger partial charge on any atom is -0.00861 e. The Labute approximate surface area is 183 Å². The Morgan fingerprint density at radius 1 is 0.367 bits per heavy atom. The summed E-state index contributed by atoms with van der Waals surface area (Å²) < 4.78 is 0. The maximum atomic E-state index is 2.47. The molecule has 0 bridgehead atoms. The zero-order valence-corrected chi connectivity index (χ0v) is 19.4. The van der Waals surface area contributed by atoms with E-state index in [1.54, 1.807) is 0 Å². The van der Waals surface area contributed by atoms with Crippen LogP contribution in [-0.2, 0) is 0 Å². The van der Waals surface area contributed by atoms with Crippen molar-refractivity contribution in [1.82, 2.24) is 0 Å². The van der Waals surface area contributed by atoms with Crippen molar-refractivity contribution in [3.8, 4) is 0 Å². The molecule has 0 amide bonds. The third kappa shape index (κ3) is 4.73. The summed E-state index contributed by atoms with van der Waals surface area (Å²) in [4.78, 5) is 0. The standard InChI is InChI=1S/C28H28P2/c1-23(29(25-15-7-3-8-16-25)26-17-9-4-10-18-26)24(2)30(27-19-11-5-12-20-27)28-21-13-6-14-22-28/h3-24H,1-2H3/t23-,24-/m1/s1. The Kier molecular flexibility index (Phi) is 7.11. The second-order valence-corrected chi connectivity index (χ2v) is 12.7. The van der Waals surface area contributed by atoms with Gasteiger partial charge in [-0.1, -0.05) is 135 Å². The largest absolute Gasteiger partial charge is 0.0622 e. The molecule has 0 radical (unpaired) electrons. The fourth-order valence-electron chi connectivity index (χ4n) is 4.02. The molecule has 0 N–H and O–H groups in total. The predicted molar refractivity (Wildman–Crippen MR) is 137 cm³/mol. The molecule has 150 valence electrons. The molecule has 0 aliphatic carbocycles. The van der Waals surface area contributed by atoms with Crippen LogP contribution in [0.25, 0.3) is 0 Å². The van der Waals surface area contributed by atoms with Crippen molar-refractivity contribution in [3.63, 3.8) is 0 Å². The summed E-state index contributed by atoms with van der Waals surface area (Å²) in [6.45, 7) is 4.94. The van der Waals surface area contributed by atoms with Crippen LogP contribution in [-0.4, -0.2) is 11.3 Å². The minimum absolute atomic E-state index is 0.448. The molecule has 4 aromatic rings. The van der Waals surface area contributed by atoms with E-state index in [1.807, 2.05) is 0 Å². The molecule has 4 aromatic carbocycles. The number of rotatable bonds is 7. The summed E-state index contributed by atoms with van der Waals surface area (Å²) in [7, 11) is -0.897. The van der Waals surface area contributed by atoms with Crippen molar-refractivity contribution >= 4 is 37.1 Å². The van der Waals surface area contributed by atoms with Crippen LogP contribution in [0.2, 0.25) is 0 Å². The summed E-state index contributed by atoms with van der Waals surface area (Å²) >= 11 is 0. The molecule has 4 rings (SSSR count). The Bertz CT molecular complexity index is 851. The van der Waals surface area contributed by atoms with Gasteiger partial charge in [-0.3, -0.25) is 0 Å². The monoisotopic (exact) mass is 426 g/mol. The molecule has 0 unspecified atom stereocenters. The van der Waals surface area contributed by atoms with Gasteiger partial charge in [-0.2, -0.15) is 0 Å². The minimum Gasteiger partial charge on any atom is -0.0622 e. The first-order valence-corrected chi connectivity index (χ1v) is 13.4. The molecule has 0 aromatic heterocycles. The van der Waals surface area contributed by atoms with Gasteiger partial charge in [-0.15, -0.1) is 0 Å². The van der Waals surface area contributed by atoms with Crippen molar-refractivity contribution < 1.29 is 0 Å². The van der Waals surface area contributed by atoms with Gasteiger partial charge in [0, 0.05) is 0 Å². The average Bonchev–Trinajstić information content (AvgIpc) is 2.82. The van der Waals surface area contributed by atoms with Crippen LogP contribution in [0.1, 0.15) is 13.8 Å². The number of hydrogen-bond donors (Lipinski definition) is 0. The molecule has 0 saturated heterocycles. The average molecular weight is 426 g/mol. The van der Waals surface area contributed by atoms with Crippen LogP contribution in [0.5, 0.6) is 0 Å². The van der Waals surface area contributed by atoms with E-state index in [-0.39, 0.29) is 0 Å². The molecular weight excluding hydrogens is 398 g/mol. The molecule has 2 atom stereocenters. The summed E-state index contributed by atoms with van der Waals surface area (Å²) in [6.07, 6.45) is 0. The highest BCUT2D eigenvalue weighted by Crippen LogP contribution is 2.51. The van der Waals surface area contributed by atoms with E-state index in [0.29, 0.717) is 11.3 Å². The third-order valence-corrected chi connectivity index (χ3v) is 11.8. The predicted octanol–water partition coefficient (Wildman–Crippen LogP) is 6.03. The lowest BCUT2D eigenvalue weighted by Crippen LogP contribution is -2.31. The van der Waals surface area contributed by atoms with E-state index >= 15 is 0 Å². The first kappa shape index (κ1) is 21.0. The van der Waals surface area contributed by atoms with Gasteiger partial charge in [0.1, 0.15) is 0 Å². The molecule has 0 aliphatic rings. The molecule has 2 heteroatoms. The van der Waals surface area contributed by atoms with Gasteiger partial charge in [-0.05, 0) is 48.4 Å². The molecule has 0 aliphatic heterocycles. The van der Waals surface area contributed by atoms with E-state index in [9.17, 15) is 0 Å². The number of hydrogen-bond acceptors (Lipinski definition) is 0. The topological polar surface area (TPSA) is 0 Å². The zero-order valence-electron chi connectivity index (χ0n) is 17.6. The first-order chi connectivity index (χ1) is 14.8. The van der Waals surface area contributed by atoms with Crippen molar-refractivity contribution in [1.29, 1.82) is 0 Å². The van der Waals surface area contributed by atoms with E-state index < -0.39 is 15.8 Å². The Hall–Kier alpha value is -2.26. The fraction of sp³-hybridized carbons (Fsp3) is 0.143. The molecular formula is C28H28P2. The van der Waals surface area contributed by atoms with Crippen molar-refractivity contribution in [2.45, 2.75) is 25.2 Å². The van der Waals surface area contributed by atoms with Gasteiger partial charge in [-0.25, -0.2) is 0 Å². The van der Waals surface area contributed by atoms with Crippen LogP contribution in [0.4, 0.5) is 0 Å². The lowest BCUT2D eigenvalue weighted by Gasteiger charge is -2.35. The number of benzene rings is 4. The molecule has 0 nitrogen and oxygen atoms in total. The van der Waals surface area contributed by atoms with Crippen molar-refractivity contribution in [3.05, 3.63) is 121 Å². The van der Waals surface area contributed by atoms with Crippen molar-refractivity contribution in [2.24, 2.45) is 0 Å². The quantitative estimate of drug-likeness (QED) is 0.317. The molecule has 0 spiro atoms.